The van der Waals surface area contributed by atoms with Crippen LogP contribution < -0.4 is 0 Å². The number of allylic oxidation sites excluding steroid dienone is 6. The molecule has 2 aliphatic heterocycles. The van der Waals surface area contributed by atoms with Gasteiger partial charge in [0.05, 0.1) is 26.4 Å². The maximum Gasteiger partial charge on any atom is 0.306 e. The highest BCUT2D eigenvalue weighted by Gasteiger charge is 2.47. The first-order valence-corrected chi connectivity index (χ1v) is 27.6. The molecule has 0 aromatic heterocycles. The maximum atomic E-state index is 13.0. The number of hydrogen-bond acceptors (Lipinski definition) is 14. The summed E-state index contributed by atoms with van der Waals surface area (Å²) < 4.78 is 34.3. The van der Waals surface area contributed by atoms with Crippen LogP contribution in [0, 0.1) is 0 Å². The second kappa shape index (κ2) is 42.7. The molecule has 11 unspecified atom stereocenters. The highest BCUT2D eigenvalue weighted by Crippen LogP contribution is 2.26. The lowest BCUT2D eigenvalue weighted by Crippen LogP contribution is -2.61. The molecule has 14 heteroatoms. The summed E-state index contributed by atoms with van der Waals surface area (Å²) in [7, 11) is 0. The van der Waals surface area contributed by atoms with Crippen molar-refractivity contribution in [3.8, 4) is 0 Å². The lowest BCUT2D eigenvalue weighted by Gasteiger charge is -2.42. The Labute approximate surface area is 417 Å². The van der Waals surface area contributed by atoms with E-state index in [0.717, 1.165) is 57.8 Å². The summed E-state index contributed by atoms with van der Waals surface area (Å²) in [6, 6.07) is 0. The molecule has 69 heavy (non-hydrogen) atoms. The second-order valence-corrected chi connectivity index (χ2v) is 19.4. The number of ether oxygens (including phenoxy) is 6. The minimum atomic E-state index is -1.71. The van der Waals surface area contributed by atoms with Crippen LogP contribution in [0.2, 0.25) is 0 Å². The van der Waals surface area contributed by atoms with E-state index in [-0.39, 0.29) is 19.6 Å². The van der Waals surface area contributed by atoms with Crippen LogP contribution in [0.15, 0.2) is 36.5 Å². The van der Waals surface area contributed by atoms with E-state index in [2.05, 4.69) is 50.3 Å². The van der Waals surface area contributed by atoms with E-state index >= 15 is 0 Å². The third-order valence-corrected chi connectivity index (χ3v) is 13.2. The van der Waals surface area contributed by atoms with E-state index < -0.39 is 86.7 Å². The summed E-state index contributed by atoms with van der Waals surface area (Å²) in [5.41, 5.74) is 0. The van der Waals surface area contributed by atoms with E-state index in [4.69, 9.17) is 28.4 Å². The molecule has 11 atom stereocenters. The number of hydrogen-bond donors (Lipinski definition) is 7. The SMILES string of the molecule is CC/C=C\C/C=C\C/C=C\CCCCCC(=O)OC(COCCCCCCCCCCCCCCCCCCCCCCCC)COC1OC(COC2OC(CO)C(O)C(O)C2O)C(O)C(O)C1O. The summed E-state index contributed by atoms with van der Waals surface area (Å²) in [6.45, 7) is 3.56. The average Bonchev–Trinajstić information content (AvgIpc) is 3.35. The van der Waals surface area contributed by atoms with Crippen molar-refractivity contribution in [2.45, 2.75) is 274 Å². The van der Waals surface area contributed by atoms with E-state index in [1.54, 1.807) is 0 Å². The summed E-state index contributed by atoms with van der Waals surface area (Å²) in [4.78, 5) is 13.0. The van der Waals surface area contributed by atoms with Crippen molar-refractivity contribution in [3.63, 3.8) is 0 Å². The summed E-state index contributed by atoms with van der Waals surface area (Å²) in [6.07, 6.45) is 32.2. The Morgan fingerprint density at radius 2 is 0.942 bits per heavy atom. The van der Waals surface area contributed by atoms with Crippen molar-refractivity contribution >= 4 is 5.97 Å². The lowest BCUT2D eigenvalue weighted by atomic mass is 9.98. The van der Waals surface area contributed by atoms with Crippen LogP contribution in [-0.4, -0.2) is 142 Å². The number of rotatable bonds is 44. The van der Waals surface area contributed by atoms with Gasteiger partial charge in [-0.2, -0.15) is 0 Å². The molecule has 0 saturated carbocycles. The molecular weight excluding hydrogens is 885 g/mol. The normalized spacial score (nSPS) is 25.9. The van der Waals surface area contributed by atoms with Crippen LogP contribution in [0.3, 0.4) is 0 Å². The van der Waals surface area contributed by atoms with Crippen LogP contribution in [0.4, 0.5) is 0 Å². The Morgan fingerprint density at radius 3 is 1.46 bits per heavy atom. The highest BCUT2D eigenvalue weighted by molar-refractivity contribution is 5.69. The quantitative estimate of drug-likeness (QED) is 0.0173. The van der Waals surface area contributed by atoms with Gasteiger partial charge in [-0.15, -0.1) is 0 Å². The van der Waals surface area contributed by atoms with Crippen molar-refractivity contribution in [1.82, 2.24) is 0 Å². The average molecular weight is 985 g/mol. The van der Waals surface area contributed by atoms with Crippen LogP contribution in [0.1, 0.15) is 206 Å². The van der Waals surface area contributed by atoms with Crippen molar-refractivity contribution in [2.24, 2.45) is 0 Å². The van der Waals surface area contributed by atoms with Crippen molar-refractivity contribution < 1.29 is 69.0 Å². The molecule has 0 aliphatic carbocycles. The van der Waals surface area contributed by atoms with Gasteiger partial charge in [0.1, 0.15) is 54.9 Å². The monoisotopic (exact) mass is 985 g/mol. The fraction of sp³-hybridized carbons (Fsp3) is 0.873. The van der Waals surface area contributed by atoms with Crippen molar-refractivity contribution in [3.05, 3.63) is 36.5 Å². The Balaban J connectivity index is 1.71. The molecule has 0 amide bonds. The second-order valence-electron chi connectivity index (χ2n) is 19.4. The molecule has 404 valence electrons. The van der Waals surface area contributed by atoms with Crippen LogP contribution in [0.5, 0.6) is 0 Å². The molecule has 0 radical (unpaired) electrons. The summed E-state index contributed by atoms with van der Waals surface area (Å²) in [5.74, 6) is -0.402. The number of aliphatic hydroxyl groups excluding tert-OH is 7. The fourth-order valence-corrected chi connectivity index (χ4v) is 8.71. The van der Waals surface area contributed by atoms with Gasteiger partial charge >= 0.3 is 5.97 Å². The van der Waals surface area contributed by atoms with Gasteiger partial charge < -0.3 is 64.2 Å². The predicted molar refractivity (Wildman–Crippen MR) is 270 cm³/mol. The molecular formula is C55H100O14. The smallest absolute Gasteiger partial charge is 0.306 e. The van der Waals surface area contributed by atoms with E-state index in [1.807, 2.05) is 0 Å². The molecule has 0 spiro atoms. The topological polar surface area (TPSA) is 214 Å². The number of carbonyl (C=O) groups excluding carboxylic acids is 1. The van der Waals surface area contributed by atoms with Gasteiger partial charge in [0.15, 0.2) is 12.6 Å². The van der Waals surface area contributed by atoms with E-state index in [1.165, 1.54) is 122 Å². The standard InChI is InChI=1S/C55H100O14/c1-3-5-7-9-11-13-15-17-18-19-20-21-22-23-24-25-27-29-31-33-35-37-39-64-41-44(67-47(57)38-36-34-32-30-28-26-16-14-12-10-8-6-4-2)42-65-54-53(63)51(61)49(59)46(69-54)43-66-55-52(62)50(60)48(58)45(40-56)68-55/h6,8,12,14,26,28,44-46,48-56,58-63H,3-5,7,9-11,13,15-25,27,29-43H2,1-2H3/b8-6-,14-12-,28-26-. The largest absolute Gasteiger partial charge is 0.457 e. The first kappa shape index (κ1) is 63.3. The zero-order chi connectivity index (χ0) is 50.2. The number of carbonyl (C=O) groups is 1. The molecule has 0 aromatic rings. The lowest BCUT2D eigenvalue weighted by molar-refractivity contribution is -0.332. The van der Waals surface area contributed by atoms with Gasteiger partial charge in [-0.1, -0.05) is 192 Å². The molecule has 0 aromatic carbocycles. The number of unbranched alkanes of at least 4 members (excludes halogenated alkanes) is 24. The van der Waals surface area contributed by atoms with Gasteiger partial charge in [0.2, 0.25) is 0 Å². The van der Waals surface area contributed by atoms with Gasteiger partial charge in [0.25, 0.3) is 0 Å². The van der Waals surface area contributed by atoms with Gasteiger partial charge in [-0.3, -0.25) is 4.79 Å². The third kappa shape index (κ3) is 30.1. The molecule has 2 rings (SSSR count). The molecule has 2 heterocycles. The first-order valence-electron chi connectivity index (χ1n) is 27.6. The molecule has 7 N–H and O–H groups in total. The number of aliphatic hydroxyl groups is 7. The predicted octanol–water partition coefficient (Wildman–Crippen LogP) is 8.97. The Kier molecular flexibility index (Phi) is 39.2. The first-order chi connectivity index (χ1) is 33.6. The highest BCUT2D eigenvalue weighted by atomic mass is 16.7. The Hall–Kier alpha value is -1.79. The fourth-order valence-electron chi connectivity index (χ4n) is 8.71. The number of esters is 1. The maximum absolute atomic E-state index is 13.0. The summed E-state index contributed by atoms with van der Waals surface area (Å²) >= 11 is 0. The third-order valence-electron chi connectivity index (χ3n) is 13.2. The van der Waals surface area contributed by atoms with Crippen molar-refractivity contribution in [2.75, 3.05) is 33.0 Å². The Morgan fingerprint density at radius 1 is 0.493 bits per heavy atom. The molecule has 0 bridgehead atoms. The molecule has 14 nitrogen and oxygen atoms in total. The zero-order valence-electron chi connectivity index (χ0n) is 43.1. The van der Waals surface area contributed by atoms with Crippen LogP contribution in [0.25, 0.3) is 0 Å². The summed E-state index contributed by atoms with van der Waals surface area (Å²) in [5, 5.41) is 72.2. The van der Waals surface area contributed by atoms with Gasteiger partial charge in [-0.05, 0) is 44.9 Å². The molecule has 2 fully saturated rings. The van der Waals surface area contributed by atoms with Crippen LogP contribution in [-0.2, 0) is 33.2 Å². The molecule has 2 saturated heterocycles. The Bertz CT molecular complexity index is 1280. The van der Waals surface area contributed by atoms with E-state index in [9.17, 15) is 40.5 Å². The minimum Gasteiger partial charge on any atom is -0.457 e. The zero-order valence-corrected chi connectivity index (χ0v) is 43.1. The van der Waals surface area contributed by atoms with Crippen molar-refractivity contribution in [1.29, 1.82) is 0 Å². The van der Waals surface area contributed by atoms with Crippen LogP contribution >= 0.6 is 0 Å². The molecule has 2 aliphatic rings. The van der Waals surface area contributed by atoms with E-state index in [0.29, 0.717) is 13.0 Å². The van der Waals surface area contributed by atoms with Gasteiger partial charge in [0, 0.05) is 13.0 Å². The van der Waals surface area contributed by atoms with Gasteiger partial charge in [-0.25, -0.2) is 0 Å². The minimum absolute atomic E-state index is 0.0524.